The van der Waals surface area contributed by atoms with Gasteiger partial charge in [-0.1, -0.05) is 6.42 Å². The standard InChI is InChI=1S/C24H33N5O3/c1-27-17-26-21-15-18(8-9-20(21)24(27)32)23(31)29-12-5-3-10-25-22(30)16-19-7-2-4-11-28(19)13-6-14-29/h8-9,15,17,19H,2-7,10-14,16H2,1H3,(H,25,30). The van der Waals surface area contributed by atoms with E-state index in [1.807, 2.05) is 4.90 Å². The fourth-order valence-corrected chi connectivity index (χ4v) is 4.83. The summed E-state index contributed by atoms with van der Waals surface area (Å²) in [5, 5.41) is 3.57. The number of carbonyl (C=O) groups is 2. The summed E-state index contributed by atoms with van der Waals surface area (Å²) in [6.45, 7) is 3.91. The van der Waals surface area contributed by atoms with Gasteiger partial charge >= 0.3 is 0 Å². The van der Waals surface area contributed by atoms with Crippen molar-refractivity contribution >= 4 is 22.7 Å². The van der Waals surface area contributed by atoms with Crippen molar-refractivity contribution < 1.29 is 9.59 Å². The number of amides is 2. The summed E-state index contributed by atoms with van der Waals surface area (Å²) in [6, 6.07) is 5.46. The molecule has 32 heavy (non-hydrogen) atoms. The molecule has 1 aromatic heterocycles. The van der Waals surface area contributed by atoms with Gasteiger partial charge in [-0.05, 0) is 56.8 Å². The summed E-state index contributed by atoms with van der Waals surface area (Å²) in [7, 11) is 1.67. The number of piperidine rings is 1. The molecule has 0 saturated carbocycles. The molecule has 1 N–H and O–H groups in total. The number of nitrogens with zero attached hydrogens (tertiary/aromatic N) is 4. The fourth-order valence-electron chi connectivity index (χ4n) is 4.83. The van der Waals surface area contributed by atoms with Crippen LogP contribution in [0.2, 0.25) is 0 Å². The second-order valence-electron chi connectivity index (χ2n) is 8.99. The van der Waals surface area contributed by atoms with E-state index in [2.05, 4.69) is 15.2 Å². The predicted octanol–water partition coefficient (Wildman–Crippen LogP) is 1.92. The third-order valence-corrected chi connectivity index (χ3v) is 6.67. The lowest BCUT2D eigenvalue weighted by atomic mass is 9.98. The molecule has 4 rings (SSSR count). The molecule has 1 atom stereocenters. The van der Waals surface area contributed by atoms with Gasteiger partial charge in [-0.25, -0.2) is 4.98 Å². The zero-order valence-corrected chi connectivity index (χ0v) is 18.9. The SMILES string of the molecule is Cn1cnc2cc(C(=O)N3CCCCNC(=O)CC4CCCCN4CCC3)ccc2c1=O. The minimum Gasteiger partial charge on any atom is -0.356 e. The normalized spacial score (nSPS) is 21.7. The molecule has 2 fully saturated rings. The van der Waals surface area contributed by atoms with Crippen molar-refractivity contribution in [2.45, 2.75) is 51.0 Å². The summed E-state index contributed by atoms with van der Waals surface area (Å²) in [6.07, 6.45) is 8.05. The van der Waals surface area contributed by atoms with Gasteiger partial charge < -0.3 is 14.8 Å². The maximum absolute atomic E-state index is 13.3. The van der Waals surface area contributed by atoms with Crippen LogP contribution in [0.3, 0.4) is 0 Å². The minimum atomic E-state index is -0.116. The van der Waals surface area contributed by atoms with Gasteiger partial charge in [-0.15, -0.1) is 0 Å². The first-order valence-electron chi connectivity index (χ1n) is 11.8. The molecule has 0 bridgehead atoms. The number of aromatic nitrogens is 2. The Hall–Kier alpha value is -2.74. The molecule has 172 valence electrons. The molecule has 0 radical (unpaired) electrons. The van der Waals surface area contributed by atoms with Crippen molar-refractivity contribution in [3.63, 3.8) is 0 Å². The molecule has 0 spiro atoms. The topological polar surface area (TPSA) is 87.5 Å². The van der Waals surface area contributed by atoms with Gasteiger partial charge in [0.05, 0.1) is 17.2 Å². The summed E-state index contributed by atoms with van der Waals surface area (Å²) in [5.41, 5.74) is 0.991. The summed E-state index contributed by atoms with van der Waals surface area (Å²) < 4.78 is 1.44. The Kier molecular flexibility index (Phi) is 7.19. The number of fused-ring (bicyclic) bond motifs is 2. The van der Waals surface area contributed by atoms with Crippen LogP contribution in [0.1, 0.15) is 55.3 Å². The third kappa shape index (κ3) is 5.18. The lowest BCUT2D eigenvalue weighted by Crippen LogP contribution is -2.44. The van der Waals surface area contributed by atoms with Crippen molar-refractivity contribution in [2.75, 3.05) is 32.7 Å². The Balaban J connectivity index is 1.50. The molecule has 0 aliphatic carbocycles. The Labute approximate surface area is 188 Å². The Morgan fingerprint density at radius 1 is 1.03 bits per heavy atom. The van der Waals surface area contributed by atoms with Gasteiger partial charge in [0.1, 0.15) is 0 Å². The lowest BCUT2D eigenvalue weighted by Gasteiger charge is -2.35. The van der Waals surface area contributed by atoms with E-state index < -0.39 is 0 Å². The Morgan fingerprint density at radius 2 is 1.81 bits per heavy atom. The smallest absolute Gasteiger partial charge is 0.260 e. The first kappa shape index (κ1) is 22.5. The third-order valence-electron chi connectivity index (χ3n) is 6.67. The van der Waals surface area contributed by atoms with Crippen LogP contribution in [0, 0.1) is 0 Å². The molecule has 1 unspecified atom stereocenters. The molecule has 2 amide bonds. The van der Waals surface area contributed by atoms with Crippen LogP contribution in [0.25, 0.3) is 10.9 Å². The summed E-state index contributed by atoms with van der Waals surface area (Å²) in [5.74, 6) is 0.118. The maximum atomic E-state index is 13.3. The maximum Gasteiger partial charge on any atom is 0.260 e. The zero-order valence-electron chi connectivity index (χ0n) is 18.9. The molecule has 3 heterocycles. The molecule has 8 nitrogen and oxygen atoms in total. The monoisotopic (exact) mass is 439 g/mol. The van der Waals surface area contributed by atoms with Crippen LogP contribution < -0.4 is 10.9 Å². The van der Waals surface area contributed by atoms with Gasteiger partial charge in [-0.3, -0.25) is 19.3 Å². The van der Waals surface area contributed by atoms with Gasteiger partial charge in [0, 0.05) is 51.3 Å². The number of hydrogen-bond donors (Lipinski definition) is 1. The number of nitrogens with one attached hydrogen (secondary N) is 1. The first-order valence-corrected chi connectivity index (χ1v) is 11.8. The van der Waals surface area contributed by atoms with Crippen LogP contribution in [-0.2, 0) is 11.8 Å². The van der Waals surface area contributed by atoms with Crippen LogP contribution in [0.15, 0.2) is 29.3 Å². The lowest BCUT2D eigenvalue weighted by molar-refractivity contribution is -0.122. The van der Waals surface area contributed by atoms with Crippen LogP contribution in [0.5, 0.6) is 0 Å². The van der Waals surface area contributed by atoms with Crippen LogP contribution >= 0.6 is 0 Å². The average molecular weight is 440 g/mol. The van der Waals surface area contributed by atoms with E-state index in [4.69, 9.17) is 0 Å². The zero-order chi connectivity index (χ0) is 22.5. The molecule has 2 aliphatic heterocycles. The van der Waals surface area contributed by atoms with Crippen LogP contribution in [-0.4, -0.2) is 69.9 Å². The van der Waals surface area contributed by atoms with Crippen molar-refractivity contribution in [2.24, 2.45) is 7.05 Å². The number of benzene rings is 1. The fraction of sp³-hybridized carbons (Fsp3) is 0.583. The molecule has 1 aromatic carbocycles. The predicted molar refractivity (Wildman–Crippen MR) is 124 cm³/mol. The van der Waals surface area contributed by atoms with Gasteiger partial charge in [0.25, 0.3) is 11.5 Å². The van der Waals surface area contributed by atoms with E-state index in [0.717, 1.165) is 38.8 Å². The highest BCUT2D eigenvalue weighted by Crippen LogP contribution is 2.20. The quantitative estimate of drug-likeness (QED) is 0.734. The molecule has 2 aliphatic rings. The molecule has 2 saturated heterocycles. The van der Waals surface area contributed by atoms with Crippen molar-refractivity contribution in [3.05, 3.63) is 40.4 Å². The van der Waals surface area contributed by atoms with E-state index >= 15 is 0 Å². The van der Waals surface area contributed by atoms with E-state index in [9.17, 15) is 14.4 Å². The number of carbonyl (C=O) groups excluding carboxylic acids is 2. The highest BCUT2D eigenvalue weighted by Gasteiger charge is 2.25. The van der Waals surface area contributed by atoms with Gasteiger partial charge in [0.15, 0.2) is 0 Å². The summed E-state index contributed by atoms with van der Waals surface area (Å²) >= 11 is 0. The van der Waals surface area contributed by atoms with Gasteiger partial charge in [0.2, 0.25) is 5.91 Å². The molecular weight excluding hydrogens is 406 g/mol. The minimum absolute atomic E-state index is 0.0246. The number of hydrogen-bond acceptors (Lipinski definition) is 5. The van der Waals surface area contributed by atoms with Crippen molar-refractivity contribution in [1.82, 2.24) is 24.7 Å². The average Bonchev–Trinajstić information content (AvgIpc) is 2.81. The second-order valence-corrected chi connectivity index (χ2v) is 8.99. The second kappa shape index (κ2) is 10.3. The van der Waals surface area contributed by atoms with Crippen molar-refractivity contribution in [3.8, 4) is 0 Å². The largest absolute Gasteiger partial charge is 0.356 e. The molecule has 8 heteroatoms. The Bertz CT molecular complexity index is 1030. The van der Waals surface area contributed by atoms with E-state index in [-0.39, 0.29) is 17.4 Å². The highest BCUT2D eigenvalue weighted by molar-refractivity contribution is 5.97. The number of aryl methyl sites for hydroxylation is 1. The summed E-state index contributed by atoms with van der Waals surface area (Å²) in [4.78, 5) is 46.6. The van der Waals surface area contributed by atoms with E-state index in [1.165, 1.54) is 23.7 Å². The first-order chi connectivity index (χ1) is 15.5. The molecular formula is C24H33N5O3. The highest BCUT2D eigenvalue weighted by atomic mass is 16.2. The van der Waals surface area contributed by atoms with Gasteiger partial charge in [-0.2, -0.15) is 0 Å². The van der Waals surface area contributed by atoms with E-state index in [0.29, 0.717) is 48.6 Å². The molecule has 2 aromatic rings. The van der Waals surface area contributed by atoms with E-state index in [1.54, 1.807) is 25.2 Å². The van der Waals surface area contributed by atoms with Crippen LogP contribution in [0.4, 0.5) is 0 Å². The Morgan fingerprint density at radius 3 is 2.69 bits per heavy atom. The van der Waals surface area contributed by atoms with Crippen molar-refractivity contribution in [1.29, 1.82) is 0 Å². The number of rotatable bonds is 1.